The van der Waals surface area contributed by atoms with E-state index in [2.05, 4.69) is 20.9 Å². The van der Waals surface area contributed by atoms with E-state index >= 15 is 0 Å². The van der Waals surface area contributed by atoms with Gasteiger partial charge in [0.15, 0.2) is 0 Å². The molecule has 0 atom stereocenters. The number of hydrogen-bond acceptors (Lipinski definition) is 2. The molecule has 0 aliphatic carbocycles. The number of anilines is 2. The molecule has 1 aliphatic heterocycles. The van der Waals surface area contributed by atoms with Crippen molar-refractivity contribution in [2.75, 3.05) is 4.90 Å². The Morgan fingerprint density at radius 2 is 1.46 bits per heavy atom. The maximum atomic E-state index is 13.0. The molecule has 1 amide bonds. The summed E-state index contributed by atoms with van der Waals surface area (Å²) in [5, 5.41) is 0. The number of aliphatic imine (C=N–C) groups is 1. The van der Waals surface area contributed by atoms with E-state index in [1.165, 1.54) is 0 Å². The molecule has 4 rings (SSSR count). The molecule has 1 heterocycles. The van der Waals surface area contributed by atoms with Gasteiger partial charge >= 0.3 is 0 Å². The van der Waals surface area contributed by atoms with Crippen LogP contribution in [-0.2, 0) is 4.79 Å². The third-order valence-corrected chi connectivity index (χ3v) is 4.42. The minimum absolute atomic E-state index is 0.106. The first-order valence-corrected chi connectivity index (χ1v) is 8.36. The molecule has 0 aromatic heterocycles. The monoisotopic (exact) mass is 376 g/mol. The Kier molecular flexibility index (Phi) is 3.75. The summed E-state index contributed by atoms with van der Waals surface area (Å²) in [6.07, 6.45) is 0. The normalized spacial score (nSPS) is 15.0. The second-order valence-corrected chi connectivity index (χ2v) is 6.35. The van der Waals surface area contributed by atoms with E-state index in [0.717, 1.165) is 27.1 Å². The fourth-order valence-corrected chi connectivity index (χ4v) is 3.05. The van der Waals surface area contributed by atoms with Crippen LogP contribution in [0.3, 0.4) is 0 Å². The summed E-state index contributed by atoms with van der Waals surface area (Å²) in [5.41, 5.74) is 3.79. The van der Waals surface area contributed by atoms with Crippen LogP contribution in [0.1, 0.15) is 5.56 Å². The first-order valence-electron chi connectivity index (χ1n) is 7.57. The number of benzene rings is 3. The predicted octanol–water partition coefficient (Wildman–Crippen LogP) is 5.25. The van der Waals surface area contributed by atoms with E-state index in [4.69, 9.17) is 0 Å². The Labute approximate surface area is 148 Å². The van der Waals surface area contributed by atoms with Crippen molar-refractivity contribution >= 4 is 44.6 Å². The largest absolute Gasteiger partial charge is 0.282 e. The molecule has 0 saturated carbocycles. The maximum Gasteiger partial charge on any atom is 0.282 e. The zero-order chi connectivity index (χ0) is 16.5. The van der Waals surface area contributed by atoms with Crippen LogP contribution in [0.5, 0.6) is 0 Å². The van der Waals surface area contributed by atoms with Crippen molar-refractivity contribution in [3.63, 3.8) is 0 Å². The van der Waals surface area contributed by atoms with E-state index in [9.17, 15) is 4.79 Å². The number of carbonyl (C=O) groups excluding carboxylic acids is 1. The Morgan fingerprint density at radius 1 is 0.792 bits per heavy atom. The summed E-state index contributed by atoms with van der Waals surface area (Å²) in [4.78, 5) is 19.3. The highest BCUT2D eigenvalue weighted by Gasteiger charge is 2.34. The van der Waals surface area contributed by atoms with Crippen molar-refractivity contribution in [1.82, 2.24) is 0 Å². The molecule has 3 aromatic rings. The van der Waals surface area contributed by atoms with E-state index in [1.54, 1.807) is 4.90 Å². The molecular weight excluding hydrogens is 364 g/mol. The summed E-state index contributed by atoms with van der Waals surface area (Å²) in [5.74, 6) is -0.106. The van der Waals surface area contributed by atoms with Gasteiger partial charge in [-0.15, -0.1) is 0 Å². The second kappa shape index (κ2) is 6.06. The summed E-state index contributed by atoms with van der Waals surface area (Å²) < 4.78 is 0.982. The van der Waals surface area contributed by atoms with Gasteiger partial charge in [-0.3, -0.25) is 9.69 Å². The van der Waals surface area contributed by atoms with Crippen LogP contribution in [0.2, 0.25) is 0 Å². The van der Waals surface area contributed by atoms with Crippen LogP contribution in [0.4, 0.5) is 17.1 Å². The average Bonchev–Trinajstić information content (AvgIpc) is 2.90. The molecule has 116 valence electrons. The third kappa shape index (κ3) is 2.55. The molecule has 0 saturated heterocycles. The number of nitrogens with zero attached hydrogens (tertiary/aromatic N) is 2. The van der Waals surface area contributed by atoms with Crippen molar-refractivity contribution in [3.8, 4) is 0 Å². The molecule has 4 heteroatoms. The summed E-state index contributed by atoms with van der Waals surface area (Å²) in [7, 11) is 0. The first-order chi connectivity index (χ1) is 11.7. The molecule has 0 radical (unpaired) electrons. The van der Waals surface area contributed by atoms with Gasteiger partial charge in [-0.1, -0.05) is 52.3 Å². The summed E-state index contributed by atoms with van der Waals surface area (Å²) >= 11 is 3.41. The van der Waals surface area contributed by atoms with Gasteiger partial charge in [0.05, 0.1) is 11.4 Å². The van der Waals surface area contributed by atoms with Crippen LogP contribution < -0.4 is 4.90 Å². The quantitative estimate of drug-likeness (QED) is 0.601. The second-order valence-electron chi connectivity index (χ2n) is 5.43. The zero-order valence-electron chi connectivity index (χ0n) is 12.7. The number of hydrogen-bond donors (Lipinski definition) is 0. The lowest BCUT2D eigenvalue weighted by molar-refractivity contribution is -0.111. The highest BCUT2D eigenvalue weighted by Crippen LogP contribution is 2.36. The van der Waals surface area contributed by atoms with E-state index in [1.807, 2.05) is 78.9 Å². The van der Waals surface area contributed by atoms with Crippen molar-refractivity contribution < 1.29 is 4.79 Å². The Bertz CT molecular complexity index is 933. The number of amides is 1. The van der Waals surface area contributed by atoms with Crippen LogP contribution in [0.15, 0.2) is 88.3 Å². The highest BCUT2D eigenvalue weighted by atomic mass is 79.9. The maximum absolute atomic E-state index is 13.0. The lowest BCUT2D eigenvalue weighted by Gasteiger charge is -2.16. The lowest BCUT2D eigenvalue weighted by Crippen LogP contribution is -2.25. The van der Waals surface area contributed by atoms with Crippen LogP contribution in [0, 0.1) is 0 Å². The van der Waals surface area contributed by atoms with Crippen molar-refractivity contribution in [1.29, 1.82) is 0 Å². The Hall–Kier alpha value is -2.72. The zero-order valence-corrected chi connectivity index (χ0v) is 14.3. The van der Waals surface area contributed by atoms with E-state index in [0.29, 0.717) is 5.71 Å². The minimum Gasteiger partial charge on any atom is -0.275 e. The predicted molar refractivity (Wildman–Crippen MR) is 100 cm³/mol. The number of carbonyl (C=O) groups is 1. The van der Waals surface area contributed by atoms with Gasteiger partial charge in [0.2, 0.25) is 0 Å². The van der Waals surface area contributed by atoms with Gasteiger partial charge in [0, 0.05) is 15.7 Å². The molecule has 0 N–H and O–H groups in total. The van der Waals surface area contributed by atoms with E-state index in [-0.39, 0.29) is 5.91 Å². The van der Waals surface area contributed by atoms with E-state index < -0.39 is 0 Å². The molecule has 0 unspecified atom stereocenters. The van der Waals surface area contributed by atoms with Crippen molar-refractivity contribution in [2.45, 2.75) is 0 Å². The number of halogens is 1. The average molecular weight is 377 g/mol. The molecule has 0 spiro atoms. The number of para-hydroxylation sites is 2. The smallest absolute Gasteiger partial charge is 0.275 e. The molecule has 3 aromatic carbocycles. The molecule has 0 fully saturated rings. The van der Waals surface area contributed by atoms with Gasteiger partial charge < -0.3 is 0 Å². The molecule has 24 heavy (non-hydrogen) atoms. The summed E-state index contributed by atoms with van der Waals surface area (Å²) in [6, 6.07) is 25.0. The Balaban J connectivity index is 1.85. The molecule has 3 nitrogen and oxygen atoms in total. The van der Waals surface area contributed by atoms with Gasteiger partial charge in [-0.2, -0.15) is 0 Å². The first kappa shape index (κ1) is 14.8. The number of rotatable bonds is 2. The summed E-state index contributed by atoms with van der Waals surface area (Å²) in [6.45, 7) is 0. The van der Waals surface area contributed by atoms with Crippen LogP contribution >= 0.6 is 15.9 Å². The SMILES string of the molecule is O=C1C(=Nc2ccc(Br)cc2)c2ccccc2N1c1ccccc1. The van der Waals surface area contributed by atoms with Crippen LogP contribution in [0.25, 0.3) is 0 Å². The molecular formula is C20H13BrN2O. The fourth-order valence-electron chi connectivity index (χ4n) is 2.79. The van der Waals surface area contributed by atoms with Crippen molar-refractivity contribution in [2.24, 2.45) is 4.99 Å². The van der Waals surface area contributed by atoms with Gasteiger partial charge in [-0.25, -0.2) is 4.99 Å². The minimum atomic E-state index is -0.106. The standard InChI is InChI=1S/C20H13BrN2O/c21-14-10-12-15(13-11-14)22-19-17-8-4-5-9-18(17)23(20(19)24)16-6-2-1-3-7-16/h1-13H. The number of fused-ring (bicyclic) bond motifs is 1. The van der Waals surface area contributed by atoms with Crippen LogP contribution in [-0.4, -0.2) is 11.6 Å². The third-order valence-electron chi connectivity index (χ3n) is 3.89. The topological polar surface area (TPSA) is 32.7 Å². The fraction of sp³-hybridized carbons (Fsp3) is 0. The van der Waals surface area contributed by atoms with Gasteiger partial charge in [0.1, 0.15) is 5.71 Å². The lowest BCUT2D eigenvalue weighted by atomic mass is 10.1. The highest BCUT2D eigenvalue weighted by molar-refractivity contribution is 9.10. The van der Waals surface area contributed by atoms with Gasteiger partial charge in [-0.05, 0) is 42.5 Å². The Morgan fingerprint density at radius 3 is 2.21 bits per heavy atom. The van der Waals surface area contributed by atoms with Crippen molar-refractivity contribution in [3.05, 3.63) is 88.9 Å². The molecule has 1 aliphatic rings. The molecule has 0 bridgehead atoms. The van der Waals surface area contributed by atoms with Gasteiger partial charge in [0.25, 0.3) is 5.91 Å².